The van der Waals surface area contributed by atoms with Crippen molar-refractivity contribution in [3.8, 4) is 5.75 Å². The van der Waals surface area contributed by atoms with Gasteiger partial charge < -0.3 is 19.9 Å². The molecule has 0 atom stereocenters. The van der Waals surface area contributed by atoms with Crippen molar-refractivity contribution in [3.63, 3.8) is 0 Å². The Kier molecular flexibility index (Phi) is 5.09. The highest BCUT2D eigenvalue weighted by Gasteiger charge is 2.20. The number of carbonyl (C=O) groups excluding carboxylic acids is 1. The molecule has 20 heavy (non-hydrogen) atoms. The fourth-order valence-electron chi connectivity index (χ4n) is 2.32. The molecule has 1 saturated heterocycles. The van der Waals surface area contributed by atoms with Crippen LogP contribution in [0.2, 0.25) is 0 Å². The van der Waals surface area contributed by atoms with Crippen molar-refractivity contribution in [1.82, 2.24) is 10.2 Å². The quantitative estimate of drug-likeness (QED) is 0.914. The molecule has 5 nitrogen and oxygen atoms in total. The predicted molar refractivity (Wildman–Crippen MR) is 80.5 cm³/mol. The van der Waals surface area contributed by atoms with Gasteiger partial charge in [0.1, 0.15) is 5.75 Å². The van der Waals surface area contributed by atoms with Crippen LogP contribution in [-0.2, 0) is 0 Å². The molecule has 1 aromatic carbocycles. The number of piperazine rings is 1. The number of hydrogen-bond acceptors (Lipinski definition) is 3. The summed E-state index contributed by atoms with van der Waals surface area (Å²) >= 11 is 0. The second-order valence-corrected chi connectivity index (χ2v) is 4.91. The maximum atomic E-state index is 11.9. The van der Waals surface area contributed by atoms with E-state index in [9.17, 15) is 4.79 Å². The van der Waals surface area contributed by atoms with Gasteiger partial charge in [-0.1, -0.05) is 13.0 Å². The van der Waals surface area contributed by atoms with E-state index < -0.39 is 0 Å². The second-order valence-electron chi connectivity index (χ2n) is 4.91. The number of nitrogens with one attached hydrogen (secondary N) is 1. The molecule has 1 aliphatic rings. The van der Waals surface area contributed by atoms with Gasteiger partial charge in [-0.25, -0.2) is 4.79 Å². The van der Waals surface area contributed by atoms with Crippen molar-refractivity contribution in [2.45, 2.75) is 13.3 Å². The monoisotopic (exact) mass is 277 g/mol. The van der Waals surface area contributed by atoms with E-state index in [1.807, 2.05) is 23.1 Å². The highest BCUT2D eigenvalue weighted by atomic mass is 16.5. The Balaban J connectivity index is 1.88. The molecule has 1 aliphatic heterocycles. The molecule has 0 unspecified atom stereocenters. The number of amides is 2. The molecule has 0 spiro atoms. The molecule has 0 radical (unpaired) electrons. The van der Waals surface area contributed by atoms with E-state index in [-0.39, 0.29) is 6.03 Å². The number of nitrogens with zero attached hydrogens (tertiary/aromatic N) is 2. The topological polar surface area (TPSA) is 44.8 Å². The van der Waals surface area contributed by atoms with Gasteiger partial charge in [-0.05, 0) is 18.6 Å². The van der Waals surface area contributed by atoms with Crippen LogP contribution in [0.15, 0.2) is 24.3 Å². The van der Waals surface area contributed by atoms with Gasteiger partial charge in [0.05, 0.1) is 7.11 Å². The normalized spacial score (nSPS) is 15.1. The minimum absolute atomic E-state index is 0.0529. The molecular formula is C15H23N3O2. The largest absolute Gasteiger partial charge is 0.497 e. The molecule has 0 aliphatic carbocycles. The zero-order valence-corrected chi connectivity index (χ0v) is 12.3. The molecule has 0 aromatic heterocycles. The summed E-state index contributed by atoms with van der Waals surface area (Å²) in [5.41, 5.74) is 1.15. The minimum Gasteiger partial charge on any atom is -0.497 e. The summed E-state index contributed by atoms with van der Waals surface area (Å²) < 4.78 is 5.25. The number of rotatable bonds is 4. The van der Waals surface area contributed by atoms with E-state index in [0.717, 1.165) is 50.6 Å². The molecule has 1 N–H and O–H groups in total. The van der Waals surface area contributed by atoms with Crippen LogP contribution >= 0.6 is 0 Å². The summed E-state index contributed by atoms with van der Waals surface area (Å²) in [6.07, 6.45) is 0.968. The van der Waals surface area contributed by atoms with Crippen LogP contribution in [0.5, 0.6) is 5.75 Å². The van der Waals surface area contributed by atoms with Crippen LogP contribution in [0.25, 0.3) is 0 Å². The fourth-order valence-corrected chi connectivity index (χ4v) is 2.32. The highest BCUT2D eigenvalue weighted by molar-refractivity contribution is 5.74. The summed E-state index contributed by atoms with van der Waals surface area (Å²) in [5.74, 6) is 0.866. The van der Waals surface area contributed by atoms with Crippen LogP contribution in [-0.4, -0.2) is 50.8 Å². The first-order valence-electron chi connectivity index (χ1n) is 7.16. The standard InChI is InChI=1S/C15H23N3O2/c1-3-7-16-15(19)18-10-8-17(9-11-18)13-5-4-6-14(12-13)20-2/h4-6,12H,3,7-11H2,1-2H3,(H,16,19). The van der Waals surface area contributed by atoms with Crippen molar-refractivity contribution >= 4 is 11.7 Å². The number of hydrogen-bond donors (Lipinski definition) is 1. The third kappa shape index (κ3) is 3.56. The van der Waals surface area contributed by atoms with Gasteiger partial charge in [0.25, 0.3) is 0 Å². The molecule has 2 rings (SSSR count). The Labute approximate surface area is 120 Å². The number of urea groups is 1. The number of methoxy groups -OCH3 is 1. The van der Waals surface area contributed by atoms with Crippen LogP contribution in [0.1, 0.15) is 13.3 Å². The van der Waals surface area contributed by atoms with Gasteiger partial charge in [0.2, 0.25) is 0 Å². The molecule has 110 valence electrons. The number of anilines is 1. The van der Waals surface area contributed by atoms with Gasteiger partial charge in [0.15, 0.2) is 0 Å². The average molecular weight is 277 g/mol. The lowest BCUT2D eigenvalue weighted by Gasteiger charge is -2.36. The number of benzene rings is 1. The van der Waals surface area contributed by atoms with Gasteiger partial charge in [0, 0.05) is 44.5 Å². The molecule has 0 bridgehead atoms. The zero-order chi connectivity index (χ0) is 14.4. The SMILES string of the molecule is CCCNC(=O)N1CCN(c2cccc(OC)c2)CC1. The van der Waals surface area contributed by atoms with Gasteiger partial charge in [-0.15, -0.1) is 0 Å². The van der Waals surface area contributed by atoms with Crippen LogP contribution in [0.4, 0.5) is 10.5 Å². The van der Waals surface area contributed by atoms with Gasteiger partial charge in [-0.2, -0.15) is 0 Å². The summed E-state index contributed by atoms with van der Waals surface area (Å²) in [4.78, 5) is 16.0. The lowest BCUT2D eigenvalue weighted by molar-refractivity contribution is 0.194. The van der Waals surface area contributed by atoms with Crippen molar-refractivity contribution < 1.29 is 9.53 Å². The first-order valence-corrected chi connectivity index (χ1v) is 7.16. The highest BCUT2D eigenvalue weighted by Crippen LogP contribution is 2.22. The molecular weight excluding hydrogens is 254 g/mol. The lowest BCUT2D eigenvalue weighted by atomic mass is 10.2. The van der Waals surface area contributed by atoms with E-state index >= 15 is 0 Å². The summed E-state index contributed by atoms with van der Waals surface area (Å²) in [6, 6.07) is 8.10. The van der Waals surface area contributed by atoms with Crippen molar-refractivity contribution in [1.29, 1.82) is 0 Å². The third-order valence-electron chi connectivity index (χ3n) is 3.51. The number of ether oxygens (including phenoxy) is 1. The average Bonchev–Trinajstić information content (AvgIpc) is 2.52. The first-order chi connectivity index (χ1) is 9.74. The van der Waals surface area contributed by atoms with E-state index in [0.29, 0.717) is 0 Å². The molecule has 1 fully saturated rings. The van der Waals surface area contributed by atoms with E-state index in [4.69, 9.17) is 4.74 Å². The van der Waals surface area contributed by atoms with E-state index in [1.54, 1.807) is 7.11 Å². The maximum absolute atomic E-state index is 11.9. The number of carbonyl (C=O) groups is 1. The maximum Gasteiger partial charge on any atom is 0.317 e. The fraction of sp³-hybridized carbons (Fsp3) is 0.533. The molecule has 5 heteroatoms. The van der Waals surface area contributed by atoms with Gasteiger partial charge in [-0.3, -0.25) is 0 Å². The minimum atomic E-state index is 0.0529. The molecule has 2 amide bonds. The Morgan fingerprint density at radius 2 is 2.05 bits per heavy atom. The third-order valence-corrected chi connectivity index (χ3v) is 3.51. The summed E-state index contributed by atoms with van der Waals surface area (Å²) in [7, 11) is 1.68. The van der Waals surface area contributed by atoms with Crippen LogP contribution < -0.4 is 15.0 Å². The lowest BCUT2D eigenvalue weighted by Crippen LogP contribution is -2.52. The van der Waals surface area contributed by atoms with Crippen molar-refractivity contribution in [2.24, 2.45) is 0 Å². The Bertz CT molecular complexity index is 442. The Morgan fingerprint density at radius 3 is 2.70 bits per heavy atom. The Morgan fingerprint density at radius 1 is 1.30 bits per heavy atom. The van der Waals surface area contributed by atoms with Crippen LogP contribution in [0.3, 0.4) is 0 Å². The molecule has 1 heterocycles. The zero-order valence-electron chi connectivity index (χ0n) is 12.3. The molecule has 0 saturated carbocycles. The smallest absolute Gasteiger partial charge is 0.317 e. The van der Waals surface area contributed by atoms with E-state index in [2.05, 4.69) is 23.2 Å². The van der Waals surface area contributed by atoms with E-state index in [1.165, 1.54) is 0 Å². The summed E-state index contributed by atoms with van der Waals surface area (Å²) in [5, 5.41) is 2.92. The predicted octanol–water partition coefficient (Wildman–Crippen LogP) is 1.94. The molecule has 1 aromatic rings. The Hall–Kier alpha value is -1.91. The van der Waals surface area contributed by atoms with Crippen LogP contribution in [0, 0.1) is 0 Å². The summed E-state index contributed by atoms with van der Waals surface area (Å²) in [6.45, 7) is 6.02. The second kappa shape index (κ2) is 7.03. The first kappa shape index (κ1) is 14.5. The van der Waals surface area contributed by atoms with Crippen molar-refractivity contribution in [3.05, 3.63) is 24.3 Å². The van der Waals surface area contributed by atoms with Gasteiger partial charge >= 0.3 is 6.03 Å². The van der Waals surface area contributed by atoms with Crippen molar-refractivity contribution in [2.75, 3.05) is 44.7 Å².